The highest BCUT2D eigenvalue weighted by Crippen LogP contribution is 2.27. The zero-order valence-electron chi connectivity index (χ0n) is 10.2. The first-order chi connectivity index (χ1) is 9.15. The predicted molar refractivity (Wildman–Crippen MR) is 72.1 cm³/mol. The monoisotopic (exact) mass is 276 g/mol. The van der Waals surface area contributed by atoms with E-state index in [2.05, 4.69) is 4.98 Å². The van der Waals surface area contributed by atoms with Gasteiger partial charge < -0.3 is 9.67 Å². The Bertz CT molecular complexity index is 619. The molecule has 2 heterocycles. The molecule has 0 spiro atoms. The van der Waals surface area contributed by atoms with Crippen LogP contribution in [0.5, 0.6) is 0 Å². The molecule has 98 valence electrons. The fourth-order valence-corrected chi connectivity index (χ4v) is 2.60. The number of aliphatic carboxylic acids is 1. The molecule has 5 heteroatoms. The van der Waals surface area contributed by atoms with E-state index < -0.39 is 5.97 Å². The lowest BCUT2D eigenvalue weighted by atomic mass is 9.98. The van der Waals surface area contributed by atoms with Gasteiger partial charge >= 0.3 is 5.97 Å². The average molecular weight is 277 g/mol. The smallest absolute Gasteiger partial charge is 0.308 e. The summed E-state index contributed by atoms with van der Waals surface area (Å²) in [6.07, 6.45) is 3.28. The molecular weight excluding hydrogens is 264 g/mol. The second kappa shape index (κ2) is 4.70. The molecule has 19 heavy (non-hydrogen) atoms. The first kappa shape index (κ1) is 12.2. The molecule has 0 saturated heterocycles. The van der Waals surface area contributed by atoms with Gasteiger partial charge in [-0.15, -0.1) is 0 Å². The third-order valence-electron chi connectivity index (χ3n) is 3.54. The third kappa shape index (κ3) is 2.24. The van der Waals surface area contributed by atoms with E-state index in [1.54, 1.807) is 0 Å². The van der Waals surface area contributed by atoms with Crippen LogP contribution >= 0.6 is 11.6 Å². The molecule has 0 amide bonds. The number of rotatable bonds is 2. The molecule has 0 fully saturated rings. The Hall–Kier alpha value is -1.81. The molecule has 1 aromatic carbocycles. The van der Waals surface area contributed by atoms with Gasteiger partial charge in [0.2, 0.25) is 0 Å². The SMILES string of the molecule is O=C(O)C1CCc2cnc(-c3ccc(Cl)cc3)n2C1. The van der Waals surface area contributed by atoms with Gasteiger partial charge in [0, 0.05) is 29.0 Å². The summed E-state index contributed by atoms with van der Waals surface area (Å²) in [5.41, 5.74) is 2.06. The Balaban J connectivity index is 1.99. The quantitative estimate of drug-likeness (QED) is 0.918. The van der Waals surface area contributed by atoms with E-state index in [4.69, 9.17) is 16.7 Å². The first-order valence-electron chi connectivity index (χ1n) is 6.18. The summed E-state index contributed by atoms with van der Waals surface area (Å²) < 4.78 is 2.01. The second-order valence-corrected chi connectivity index (χ2v) is 5.20. The molecule has 4 nitrogen and oxygen atoms in total. The Kier molecular flexibility index (Phi) is 3.03. The zero-order chi connectivity index (χ0) is 13.4. The van der Waals surface area contributed by atoms with Gasteiger partial charge in [0.25, 0.3) is 0 Å². The number of carboxylic acids is 1. The number of hydrogen-bond acceptors (Lipinski definition) is 2. The molecule has 1 aromatic heterocycles. The van der Waals surface area contributed by atoms with Gasteiger partial charge in [-0.1, -0.05) is 11.6 Å². The Morgan fingerprint density at radius 3 is 2.79 bits per heavy atom. The first-order valence-corrected chi connectivity index (χ1v) is 6.56. The molecule has 1 aliphatic rings. The summed E-state index contributed by atoms with van der Waals surface area (Å²) in [5.74, 6) is -0.244. The molecule has 0 saturated carbocycles. The van der Waals surface area contributed by atoms with Gasteiger partial charge in [0.1, 0.15) is 5.82 Å². The minimum atomic E-state index is -0.735. The number of halogens is 1. The highest BCUT2D eigenvalue weighted by atomic mass is 35.5. The molecule has 1 aliphatic heterocycles. The van der Waals surface area contributed by atoms with Crippen molar-refractivity contribution in [3.63, 3.8) is 0 Å². The number of nitrogens with zero attached hydrogens (tertiary/aromatic N) is 2. The van der Waals surface area contributed by atoms with E-state index in [1.807, 2.05) is 35.0 Å². The maximum Gasteiger partial charge on any atom is 0.308 e. The molecule has 1 atom stereocenters. The highest BCUT2D eigenvalue weighted by Gasteiger charge is 2.26. The number of aryl methyl sites for hydroxylation is 1. The zero-order valence-corrected chi connectivity index (χ0v) is 11.0. The second-order valence-electron chi connectivity index (χ2n) is 4.76. The van der Waals surface area contributed by atoms with Crippen LogP contribution in [0.25, 0.3) is 11.4 Å². The maximum absolute atomic E-state index is 11.1. The largest absolute Gasteiger partial charge is 0.481 e. The Labute approximate surface area is 115 Å². The number of fused-ring (bicyclic) bond motifs is 1. The average Bonchev–Trinajstić information content (AvgIpc) is 2.82. The lowest BCUT2D eigenvalue weighted by Gasteiger charge is -2.22. The van der Waals surface area contributed by atoms with Gasteiger partial charge in [-0.25, -0.2) is 4.98 Å². The molecular formula is C14H13ClN2O2. The molecule has 0 radical (unpaired) electrons. The van der Waals surface area contributed by atoms with Crippen LogP contribution in [0.15, 0.2) is 30.5 Å². The van der Waals surface area contributed by atoms with Crippen LogP contribution in [0, 0.1) is 5.92 Å². The van der Waals surface area contributed by atoms with Crippen molar-refractivity contribution in [2.75, 3.05) is 0 Å². The number of imidazole rings is 1. The minimum Gasteiger partial charge on any atom is -0.481 e. The van der Waals surface area contributed by atoms with Gasteiger partial charge in [-0.2, -0.15) is 0 Å². The standard InChI is InChI=1S/C14H13ClN2O2/c15-11-4-1-9(2-5-11)13-16-7-12-6-3-10(14(18)19)8-17(12)13/h1-2,4-5,7,10H,3,6,8H2,(H,18,19). The van der Waals surface area contributed by atoms with Crippen LogP contribution < -0.4 is 0 Å². The van der Waals surface area contributed by atoms with Crippen LogP contribution in [0.4, 0.5) is 0 Å². The van der Waals surface area contributed by atoms with Crippen molar-refractivity contribution in [1.29, 1.82) is 0 Å². The van der Waals surface area contributed by atoms with Crippen LogP contribution in [-0.2, 0) is 17.8 Å². The number of hydrogen-bond donors (Lipinski definition) is 1. The highest BCUT2D eigenvalue weighted by molar-refractivity contribution is 6.30. The van der Waals surface area contributed by atoms with Crippen molar-refractivity contribution in [2.24, 2.45) is 5.92 Å². The number of benzene rings is 1. The molecule has 2 aromatic rings. The Morgan fingerprint density at radius 1 is 1.37 bits per heavy atom. The predicted octanol–water partition coefficient (Wildman–Crippen LogP) is 2.85. The molecule has 0 bridgehead atoms. The van der Waals surface area contributed by atoms with E-state index in [-0.39, 0.29) is 5.92 Å². The summed E-state index contributed by atoms with van der Waals surface area (Å²) in [4.78, 5) is 15.5. The molecule has 1 unspecified atom stereocenters. The molecule has 3 rings (SSSR count). The van der Waals surface area contributed by atoms with E-state index >= 15 is 0 Å². The molecule has 0 aliphatic carbocycles. The number of carbonyl (C=O) groups is 1. The third-order valence-corrected chi connectivity index (χ3v) is 3.79. The van der Waals surface area contributed by atoms with Gasteiger partial charge in [0.05, 0.1) is 5.92 Å². The van der Waals surface area contributed by atoms with Gasteiger partial charge in [0.15, 0.2) is 0 Å². The lowest BCUT2D eigenvalue weighted by molar-refractivity contribution is -0.142. The molecule has 1 N–H and O–H groups in total. The van der Waals surface area contributed by atoms with Crippen LogP contribution in [0.1, 0.15) is 12.1 Å². The summed E-state index contributed by atoms with van der Waals surface area (Å²) >= 11 is 5.88. The lowest BCUT2D eigenvalue weighted by Crippen LogP contribution is -2.26. The van der Waals surface area contributed by atoms with Crippen LogP contribution in [0.2, 0.25) is 5.02 Å². The Morgan fingerprint density at radius 2 is 2.11 bits per heavy atom. The number of carboxylic acid groups (broad SMARTS) is 1. The fourth-order valence-electron chi connectivity index (χ4n) is 2.48. The van der Waals surface area contributed by atoms with Crippen molar-refractivity contribution in [2.45, 2.75) is 19.4 Å². The van der Waals surface area contributed by atoms with Gasteiger partial charge in [-0.05, 0) is 37.1 Å². The summed E-state index contributed by atoms with van der Waals surface area (Å²) in [6, 6.07) is 7.44. The minimum absolute atomic E-state index is 0.326. The van der Waals surface area contributed by atoms with Crippen LogP contribution in [0.3, 0.4) is 0 Å². The van der Waals surface area contributed by atoms with Gasteiger partial charge in [-0.3, -0.25) is 4.79 Å². The van der Waals surface area contributed by atoms with E-state index in [0.717, 1.165) is 23.5 Å². The summed E-state index contributed by atoms with van der Waals surface area (Å²) in [6.45, 7) is 0.489. The van der Waals surface area contributed by atoms with Crippen molar-refractivity contribution in [3.8, 4) is 11.4 Å². The van der Waals surface area contributed by atoms with E-state index in [1.165, 1.54) is 0 Å². The van der Waals surface area contributed by atoms with Crippen molar-refractivity contribution >= 4 is 17.6 Å². The van der Waals surface area contributed by atoms with Crippen LogP contribution in [-0.4, -0.2) is 20.6 Å². The van der Waals surface area contributed by atoms with Crippen molar-refractivity contribution in [1.82, 2.24) is 9.55 Å². The maximum atomic E-state index is 11.1. The topological polar surface area (TPSA) is 55.1 Å². The van der Waals surface area contributed by atoms with E-state index in [0.29, 0.717) is 18.0 Å². The summed E-state index contributed by atoms with van der Waals surface area (Å²) in [7, 11) is 0. The normalized spacial score (nSPS) is 18.1. The summed E-state index contributed by atoms with van der Waals surface area (Å²) in [5, 5.41) is 9.83. The fraction of sp³-hybridized carbons (Fsp3) is 0.286. The van der Waals surface area contributed by atoms with Crippen molar-refractivity contribution < 1.29 is 9.90 Å². The number of aromatic nitrogens is 2. The van der Waals surface area contributed by atoms with Crippen molar-refractivity contribution in [3.05, 3.63) is 41.2 Å². The van der Waals surface area contributed by atoms with E-state index in [9.17, 15) is 4.79 Å².